The van der Waals surface area contributed by atoms with E-state index in [1.54, 1.807) is 18.5 Å². The SMILES string of the molecule is O=C(NCC(c1ccco1)N1CCCC1)c1ccnc2ccccc12. The van der Waals surface area contributed by atoms with Crippen molar-refractivity contribution in [1.82, 2.24) is 15.2 Å². The van der Waals surface area contributed by atoms with Crippen molar-refractivity contribution in [2.75, 3.05) is 19.6 Å². The number of rotatable bonds is 5. The van der Waals surface area contributed by atoms with E-state index in [1.165, 1.54) is 12.8 Å². The average Bonchev–Trinajstić information content (AvgIpc) is 3.36. The fourth-order valence-corrected chi connectivity index (χ4v) is 3.52. The van der Waals surface area contributed by atoms with Crippen LogP contribution in [0.5, 0.6) is 0 Å². The molecule has 1 aliphatic rings. The van der Waals surface area contributed by atoms with Crippen LogP contribution in [0.1, 0.15) is 35.0 Å². The van der Waals surface area contributed by atoms with Crippen LogP contribution in [0, 0.1) is 0 Å². The first-order chi connectivity index (χ1) is 12.3. The van der Waals surface area contributed by atoms with Crippen molar-refractivity contribution in [1.29, 1.82) is 0 Å². The number of nitrogens with one attached hydrogen (secondary N) is 1. The fraction of sp³-hybridized carbons (Fsp3) is 0.300. The molecular weight excluding hydrogens is 314 g/mol. The molecule has 128 valence electrons. The molecule has 3 heterocycles. The number of carbonyl (C=O) groups excluding carboxylic acids is 1. The van der Waals surface area contributed by atoms with Gasteiger partial charge in [-0.15, -0.1) is 0 Å². The summed E-state index contributed by atoms with van der Waals surface area (Å²) in [6.45, 7) is 2.61. The molecule has 0 bridgehead atoms. The van der Waals surface area contributed by atoms with Crippen LogP contribution in [0.25, 0.3) is 10.9 Å². The lowest BCUT2D eigenvalue weighted by molar-refractivity contribution is 0.0935. The molecule has 4 rings (SSSR count). The minimum Gasteiger partial charge on any atom is -0.468 e. The second kappa shape index (κ2) is 7.07. The number of hydrogen-bond acceptors (Lipinski definition) is 4. The minimum atomic E-state index is -0.0747. The van der Waals surface area contributed by atoms with E-state index >= 15 is 0 Å². The maximum Gasteiger partial charge on any atom is 0.252 e. The molecule has 25 heavy (non-hydrogen) atoms. The molecule has 1 unspecified atom stereocenters. The Hall–Kier alpha value is -2.66. The van der Waals surface area contributed by atoms with E-state index in [9.17, 15) is 4.79 Å². The van der Waals surface area contributed by atoms with Crippen molar-refractivity contribution in [3.63, 3.8) is 0 Å². The Bertz CT molecular complexity index is 849. The second-order valence-corrected chi connectivity index (χ2v) is 6.36. The summed E-state index contributed by atoms with van der Waals surface area (Å²) in [6.07, 6.45) is 5.76. The first-order valence-corrected chi connectivity index (χ1v) is 8.72. The Labute approximate surface area is 146 Å². The highest BCUT2D eigenvalue weighted by Crippen LogP contribution is 2.25. The predicted octanol–water partition coefficient (Wildman–Crippen LogP) is 3.39. The van der Waals surface area contributed by atoms with Gasteiger partial charge in [0.2, 0.25) is 0 Å². The lowest BCUT2D eigenvalue weighted by Crippen LogP contribution is -2.36. The number of carbonyl (C=O) groups is 1. The number of amides is 1. The van der Waals surface area contributed by atoms with Gasteiger partial charge in [0, 0.05) is 18.1 Å². The van der Waals surface area contributed by atoms with Crippen LogP contribution in [0.15, 0.2) is 59.3 Å². The van der Waals surface area contributed by atoms with Crippen molar-refractivity contribution in [2.24, 2.45) is 0 Å². The molecule has 1 aliphatic heterocycles. The number of likely N-dealkylation sites (tertiary alicyclic amines) is 1. The van der Waals surface area contributed by atoms with E-state index in [2.05, 4.69) is 15.2 Å². The van der Waals surface area contributed by atoms with Gasteiger partial charge in [0.15, 0.2) is 0 Å². The molecule has 1 atom stereocenters. The van der Waals surface area contributed by atoms with E-state index in [4.69, 9.17) is 4.42 Å². The zero-order valence-electron chi connectivity index (χ0n) is 14.0. The molecule has 0 saturated carbocycles. The summed E-state index contributed by atoms with van der Waals surface area (Å²) in [5.74, 6) is 0.830. The number of pyridine rings is 1. The highest BCUT2D eigenvalue weighted by atomic mass is 16.3. The first kappa shape index (κ1) is 15.8. The molecular formula is C20H21N3O2. The summed E-state index contributed by atoms with van der Waals surface area (Å²) in [4.78, 5) is 19.5. The van der Waals surface area contributed by atoms with Crippen LogP contribution in [-0.2, 0) is 0 Å². The lowest BCUT2D eigenvalue weighted by atomic mass is 10.1. The number of para-hydroxylation sites is 1. The van der Waals surface area contributed by atoms with Crippen molar-refractivity contribution in [2.45, 2.75) is 18.9 Å². The summed E-state index contributed by atoms with van der Waals surface area (Å²) in [6, 6.07) is 13.4. The van der Waals surface area contributed by atoms with Crippen LogP contribution in [0.2, 0.25) is 0 Å². The van der Waals surface area contributed by atoms with Gasteiger partial charge in [-0.25, -0.2) is 0 Å². The molecule has 0 radical (unpaired) electrons. The Morgan fingerprint density at radius 1 is 1.16 bits per heavy atom. The van der Waals surface area contributed by atoms with Crippen LogP contribution >= 0.6 is 0 Å². The van der Waals surface area contributed by atoms with E-state index in [0.717, 1.165) is 29.8 Å². The van der Waals surface area contributed by atoms with E-state index < -0.39 is 0 Å². The van der Waals surface area contributed by atoms with Crippen molar-refractivity contribution >= 4 is 16.8 Å². The Kier molecular flexibility index (Phi) is 4.48. The summed E-state index contributed by atoms with van der Waals surface area (Å²) in [5.41, 5.74) is 1.49. The minimum absolute atomic E-state index is 0.0747. The standard InChI is InChI=1S/C20H21N3O2/c24-20(16-9-10-21-17-7-2-1-6-15(16)17)22-14-18(19-8-5-13-25-19)23-11-3-4-12-23/h1-2,5-10,13,18H,3-4,11-12,14H2,(H,22,24). The van der Waals surface area contributed by atoms with Crippen LogP contribution < -0.4 is 5.32 Å². The molecule has 0 spiro atoms. The van der Waals surface area contributed by atoms with Gasteiger partial charge in [-0.2, -0.15) is 0 Å². The van der Waals surface area contributed by atoms with Crippen LogP contribution in [-0.4, -0.2) is 35.4 Å². The third kappa shape index (κ3) is 3.28. The summed E-state index contributed by atoms with van der Waals surface area (Å²) in [5, 5.41) is 3.96. The average molecular weight is 335 g/mol. The van der Waals surface area contributed by atoms with E-state index in [1.807, 2.05) is 36.4 Å². The van der Waals surface area contributed by atoms with Gasteiger partial charge in [0.05, 0.1) is 23.4 Å². The maximum absolute atomic E-state index is 12.8. The number of fused-ring (bicyclic) bond motifs is 1. The predicted molar refractivity (Wildman–Crippen MR) is 96.3 cm³/mol. The Morgan fingerprint density at radius 3 is 2.80 bits per heavy atom. The second-order valence-electron chi connectivity index (χ2n) is 6.36. The van der Waals surface area contributed by atoms with Gasteiger partial charge in [-0.3, -0.25) is 14.7 Å². The number of furan rings is 1. The van der Waals surface area contributed by atoms with Gasteiger partial charge in [0.25, 0.3) is 5.91 Å². The smallest absolute Gasteiger partial charge is 0.252 e. The number of benzene rings is 1. The van der Waals surface area contributed by atoms with Crippen molar-refractivity contribution in [3.05, 3.63) is 66.2 Å². The first-order valence-electron chi connectivity index (χ1n) is 8.72. The molecule has 1 N–H and O–H groups in total. The number of hydrogen-bond donors (Lipinski definition) is 1. The highest BCUT2D eigenvalue weighted by Gasteiger charge is 2.26. The summed E-state index contributed by atoms with van der Waals surface area (Å²) in [7, 11) is 0. The van der Waals surface area contributed by atoms with Crippen molar-refractivity contribution < 1.29 is 9.21 Å². The molecule has 5 nitrogen and oxygen atoms in total. The maximum atomic E-state index is 12.8. The van der Waals surface area contributed by atoms with Gasteiger partial charge in [0.1, 0.15) is 5.76 Å². The van der Waals surface area contributed by atoms with Gasteiger partial charge in [-0.05, 0) is 50.2 Å². The zero-order valence-corrected chi connectivity index (χ0v) is 14.0. The molecule has 1 aromatic carbocycles. The zero-order chi connectivity index (χ0) is 17.1. The van der Waals surface area contributed by atoms with E-state index in [0.29, 0.717) is 12.1 Å². The third-order valence-corrected chi connectivity index (χ3v) is 4.80. The van der Waals surface area contributed by atoms with Crippen LogP contribution in [0.3, 0.4) is 0 Å². The molecule has 1 fully saturated rings. The third-order valence-electron chi connectivity index (χ3n) is 4.80. The van der Waals surface area contributed by atoms with Gasteiger partial charge >= 0.3 is 0 Å². The molecule has 5 heteroatoms. The number of nitrogens with zero attached hydrogens (tertiary/aromatic N) is 2. The molecule has 1 saturated heterocycles. The van der Waals surface area contributed by atoms with Crippen LogP contribution in [0.4, 0.5) is 0 Å². The fourth-order valence-electron chi connectivity index (χ4n) is 3.52. The monoisotopic (exact) mass is 335 g/mol. The summed E-state index contributed by atoms with van der Waals surface area (Å²) < 4.78 is 5.61. The normalized spacial score (nSPS) is 16.2. The van der Waals surface area contributed by atoms with E-state index in [-0.39, 0.29) is 11.9 Å². The van der Waals surface area contributed by atoms with Gasteiger partial charge in [-0.1, -0.05) is 18.2 Å². The Balaban J connectivity index is 1.53. The van der Waals surface area contributed by atoms with Gasteiger partial charge < -0.3 is 9.73 Å². The van der Waals surface area contributed by atoms with Crippen molar-refractivity contribution in [3.8, 4) is 0 Å². The largest absolute Gasteiger partial charge is 0.468 e. The summed E-state index contributed by atoms with van der Waals surface area (Å²) >= 11 is 0. The molecule has 1 amide bonds. The molecule has 2 aromatic heterocycles. The topological polar surface area (TPSA) is 58.4 Å². The highest BCUT2D eigenvalue weighted by molar-refractivity contribution is 6.05. The molecule has 3 aromatic rings. The quantitative estimate of drug-likeness (QED) is 0.776. The lowest BCUT2D eigenvalue weighted by Gasteiger charge is -2.26. The Morgan fingerprint density at radius 2 is 2.00 bits per heavy atom. The number of aromatic nitrogens is 1. The molecule has 0 aliphatic carbocycles.